The Hall–Kier alpha value is -3.30. The molecule has 0 saturated heterocycles. The molecule has 1 aromatic carbocycles. The zero-order chi connectivity index (χ0) is 28.8. The maximum Gasteiger partial charge on any atom is 0.234 e. The molecule has 13 heteroatoms. The minimum Gasteiger partial charge on any atom is -0.465 e. The number of Topliss-reactive ketones (excluding diaryl/α,β-unsaturated/α-hetero) is 1. The molecule has 3 heterocycles. The summed E-state index contributed by atoms with van der Waals surface area (Å²) in [6, 6.07) is 10.7. The van der Waals surface area contributed by atoms with Gasteiger partial charge >= 0.3 is 0 Å². The minimum absolute atomic E-state index is 0.0321. The second-order valence-corrected chi connectivity index (χ2v) is 13.2. The molecule has 1 atom stereocenters. The zero-order valence-electron chi connectivity index (χ0n) is 21.7. The molecule has 9 nitrogen and oxygen atoms in total. The molecule has 5 rings (SSSR count). The molecule has 0 bridgehead atoms. The van der Waals surface area contributed by atoms with Crippen LogP contribution in [0.15, 0.2) is 61.8 Å². The van der Waals surface area contributed by atoms with Gasteiger partial charge in [-0.25, -0.2) is 0 Å². The summed E-state index contributed by atoms with van der Waals surface area (Å²) < 4.78 is 6.39. The molecule has 2 aromatic heterocycles. The molecule has 40 heavy (non-hydrogen) atoms. The maximum absolute atomic E-state index is 13.6. The van der Waals surface area contributed by atoms with E-state index >= 15 is 0 Å². The molecule has 3 N–H and O–H groups in total. The van der Waals surface area contributed by atoms with Crippen molar-refractivity contribution in [3.63, 3.8) is 0 Å². The number of rotatable bonds is 6. The molecule has 2 aliphatic rings. The maximum atomic E-state index is 13.6. The SMILES string of the molecule is Cc1ccc(C2C(C#N)=C(N)N(c3nnc(SCC(=O)Nc4c(Cl)cccc4Cl)s3)C3=C2C(=O)CC(C)(C)C3)o1. The van der Waals surface area contributed by atoms with Crippen molar-refractivity contribution < 1.29 is 14.0 Å². The average Bonchev–Trinajstić information content (AvgIpc) is 3.52. The Morgan fingerprint density at radius 3 is 2.65 bits per heavy atom. The number of carbonyl (C=O) groups excluding carboxylic acids is 2. The Morgan fingerprint density at radius 2 is 2.00 bits per heavy atom. The van der Waals surface area contributed by atoms with E-state index < -0.39 is 5.92 Å². The van der Waals surface area contributed by atoms with Gasteiger partial charge in [0, 0.05) is 17.7 Å². The number of halogens is 2. The fraction of sp³-hybridized carbons (Fsp3) is 0.296. The van der Waals surface area contributed by atoms with Crippen molar-refractivity contribution in [3.05, 3.63) is 74.6 Å². The van der Waals surface area contributed by atoms with Crippen molar-refractivity contribution in [1.29, 1.82) is 5.26 Å². The fourth-order valence-corrected chi connectivity index (χ4v) is 7.06. The van der Waals surface area contributed by atoms with E-state index in [1.165, 1.54) is 23.1 Å². The highest BCUT2D eigenvalue weighted by Gasteiger charge is 2.46. The Morgan fingerprint density at radius 1 is 1.27 bits per heavy atom. The molecule has 206 valence electrons. The highest BCUT2D eigenvalue weighted by atomic mass is 35.5. The van der Waals surface area contributed by atoms with E-state index in [9.17, 15) is 14.9 Å². The number of allylic oxidation sites excluding steroid dienone is 3. The number of aromatic nitrogens is 2. The van der Waals surface area contributed by atoms with Crippen molar-refractivity contribution in [2.45, 2.75) is 43.9 Å². The quantitative estimate of drug-likeness (QED) is 0.301. The van der Waals surface area contributed by atoms with Crippen LogP contribution in [0.3, 0.4) is 0 Å². The van der Waals surface area contributed by atoms with Crippen molar-refractivity contribution in [2.24, 2.45) is 11.1 Å². The summed E-state index contributed by atoms with van der Waals surface area (Å²) in [7, 11) is 0. The number of benzene rings is 1. The van der Waals surface area contributed by atoms with Crippen molar-refractivity contribution in [2.75, 3.05) is 16.0 Å². The number of nitrogens with one attached hydrogen (secondary N) is 1. The van der Waals surface area contributed by atoms with Gasteiger partial charge in [-0.15, -0.1) is 10.2 Å². The van der Waals surface area contributed by atoms with E-state index in [0.29, 0.717) is 60.8 Å². The second kappa shape index (κ2) is 10.9. The number of hydrogen-bond donors (Lipinski definition) is 2. The number of nitrogens with zero attached hydrogens (tertiary/aromatic N) is 4. The van der Waals surface area contributed by atoms with E-state index in [1.807, 2.05) is 20.8 Å². The lowest BCUT2D eigenvalue weighted by Gasteiger charge is -2.42. The molecule has 1 amide bonds. The van der Waals surface area contributed by atoms with Crippen LogP contribution in [0.25, 0.3) is 0 Å². The van der Waals surface area contributed by atoms with E-state index in [1.54, 1.807) is 35.2 Å². The van der Waals surface area contributed by atoms with Crippen molar-refractivity contribution in [1.82, 2.24) is 10.2 Å². The van der Waals surface area contributed by atoms with Gasteiger partial charge in [0.1, 0.15) is 17.3 Å². The number of furan rings is 1. The molecule has 0 fully saturated rings. The van der Waals surface area contributed by atoms with Gasteiger partial charge in [0.15, 0.2) is 10.1 Å². The summed E-state index contributed by atoms with van der Waals surface area (Å²) >= 11 is 14.7. The first kappa shape index (κ1) is 28.2. The van der Waals surface area contributed by atoms with E-state index in [0.717, 1.165) is 0 Å². The zero-order valence-corrected chi connectivity index (χ0v) is 24.9. The standard InChI is InChI=1S/C27H24Cl2N6O3S2/c1-13-7-8-19(38-13)21-14(11-30)24(31)35(17-9-27(2,3)10-18(36)22(17)21)25-33-34-26(40-25)39-12-20(37)32-23-15(28)5-4-6-16(23)29/h4-8,21H,9-10,12,31H2,1-3H3,(H,32,37). The number of anilines is 2. The van der Waals surface area contributed by atoms with Gasteiger partial charge in [-0.3, -0.25) is 14.5 Å². The first-order chi connectivity index (χ1) is 19.0. The van der Waals surface area contributed by atoms with Gasteiger partial charge in [0.25, 0.3) is 0 Å². The second-order valence-electron chi connectivity index (χ2n) is 10.2. The average molecular weight is 616 g/mol. The van der Waals surface area contributed by atoms with Gasteiger partial charge in [-0.1, -0.05) is 66.2 Å². The molecular weight excluding hydrogens is 591 g/mol. The summed E-state index contributed by atoms with van der Waals surface area (Å²) in [6.07, 6.45) is 0.864. The lowest BCUT2D eigenvalue weighted by Crippen LogP contribution is -2.42. The fourth-order valence-electron chi connectivity index (χ4n) is 4.89. The normalized spacial score (nSPS) is 18.6. The number of amides is 1. The molecule has 1 unspecified atom stereocenters. The van der Waals surface area contributed by atoms with Crippen LogP contribution >= 0.6 is 46.3 Å². The Kier molecular flexibility index (Phi) is 7.72. The third-order valence-corrected chi connectivity index (χ3v) is 9.24. The number of para-hydroxylation sites is 1. The number of hydrogen-bond acceptors (Lipinski definition) is 10. The predicted octanol–water partition coefficient (Wildman–Crippen LogP) is 6.42. The summed E-state index contributed by atoms with van der Waals surface area (Å²) in [5.74, 6) is 0.289. The van der Waals surface area contributed by atoms with Crippen molar-refractivity contribution >= 4 is 68.8 Å². The third-order valence-electron chi connectivity index (χ3n) is 6.57. The van der Waals surface area contributed by atoms with Crippen LogP contribution in [0, 0.1) is 23.7 Å². The van der Waals surface area contributed by atoms with Gasteiger partial charge in [0.05, 0.1) is 39.0 Å². The Bertz CT molecular complexity index is 1610. The first-order valence-corrected chi connectivity index (χ1v) is 14.8. The number of nitrogens with two attached hydrogens (primary N) is 1. The topological polar surface area (TPSA) is 138 Å². The van der Waals surface area contributed by atoms with Crippen LogP contribution in [-0.4, -0.2) is 27.6 Å². The van der Waals surface area contributed by atoms with E-state index in [-0.39, 0.29) is 34.3 Å². The van der Waals surface area contributed by atoms with Crippen LogP contribution in [-0.2, 0) is 9.59 Å². The molecule has 1 aliphatic carbocycles. The van der Waals surface area contributed by atoms with E-state index in [4.69, 9.17) is 33.4 Å². The lowest BCUT2D eigenvalue weighted by molar-refractivity contribution is -0.118. The summed E-state index contributed by atoms with van der Waals surface area (Å²) in [5.41, 5.74) is 8.01. The summed E-state index contributed by atoms with van der Waals surface area (Å²) in [5, 5.41) is 22.5. The molecule has 0 spiro atoms. The Labute approximate surface area is 249 Å². The molecule has 3 aromatic rings. The van der Waals surface area contributed by atoms with Crippen LogP contribution in [0.1, 0.15) is 44.1 Å². The van der Waals surface area contributed by atoms with Crippen LogP contribution in [0.5, 0.6) is 0 Å². The largest absolute Gasteiger partial charge is 0.465 e. The van der Waals surface area contributed by atoms with Crippen LogP contribution in [0.2, 0.25) is 10.0 Å². The number of carbonyl (C=O) groups is 2. The van der Waals surface area contributed by atoms with Gasteiger partial charge in [0.2, 0.25) is 11.0 Å². The minimum atomic E-state index is -0.698. The highest BCUT2D eigenvalue weighted by Crippen LogP contribution is 2.51. The van der Waals surface area contributed by atoms with Crippen LogP contribution in [0.4, 0.5) is 10.8 Å². The van der Waals surface area contributed by atoms with Gasteiger partial charge in [-0.2, -0.15) is 5.26 Å². The monoisotopic (exact) mass is 614 g/mol. The number of nitriles is 1. The van der Waals surface area contributed by atoms with E-state index in [2.05, 4.69) is 21.6 Å². The molecule has 0 saturated carbocycles. The number of aryl methyl sites for hydroxylation is 1. The Balaban J connectivity index is 1.45. The first-order valence-electron chi connectivity index (χ1n) is 12.2. The number of ketones is 1. The summed E-state index contributed by atoms with van der Waals surface area (Å²) in [4.78, 5) is 27.8. The number of thioether (sulfide) groups is 1. The molecular formula is C27H24Cl2N6O3S2. The van der Waals surface area contributed by atoms with Crippen LogP contribution < -0.4 is 16.0 Å². The van der Waals surface area contributed by atoms with Crippen molar-refractivity contribution in [3.8, 4) is 6.07 Å². The lowest BCUT2D eigenvalue weighted by atomic mass is 9.69. The highest BCUT2D eigenvalue weighted by molar-refractivity contribution is 8.01. The predicted molar refractivity (Wildman–Crippen MR) is 156 cm³/mol. The molecule has 1 aliphatic heterocycles. The van der Waals surface area contributed by atoms with Gasteiger partial charge in [-0.05, 0) is 43.0 Å². The van der Waals surface area contributed by atoms with Gasteiger partial charge < -0.3 is 15.5 Å². The third kappa shape index (κ3) is 5.37. The smallest absolute Gasteiger partial charge is 0.234 e. The summed E-state index contributed by atoms with van der Waals surface area (Å²) in [6.45, 7) is 5.84. The molecule has 0 radical (unpaired) electrons.